The molecule has 1 unspecified atom stereocenters. The molecule has 1 aromatic rings. The zero-order chi connectivity index (χ0) is 10.7. The van der Waals surface area contributed by atoms with Crippen molar-refractivity contribution in [3.8, 4) is 0 Å². The SMILES string of the molecule is Cl.O=S(=O)(NCC1CCNC1)c1cnc[nH]1. The Morgan fingerprint density at radius 3 is 2.94 bits per heavy atom. The molecule has 3 N–H and O–H groups in total. The second kappa shape index (κ2) is 5.62. The Balaban J connectivity index is 0.00000128. The first kappa shape index (κ1) is 13.4. The molecule has 0 spiro atoms. The van der Waals surface area contributed by atoms with E-state index >= 15 is 0 Å². The molecular weight excluding hydrogens is 252 g/mol. The van der Waals surface area contributed by atoms with Gasteiger partial charge in [0.25, 0.3) is 10.0 Å². The molecule has 1 aliphatic heterocycles. The lowest BCUT2D eigenvalue weighted by molar-refractivity contribution is 0.537. The Morgan fingerprint density at radius 2 is 2.38 bits per heavy atom. The van der Waals surface area contributed by atoms with Crippen molar-refractivity contribution in [2.75, 3.05) is 19.6 Å². The van der Waals surface area contributed by atoms with Crippen LogP contribution in [0, 0.1) is 5.92 Å². The topological polar surface area (TPSA) is 86.9 Å². The molecule has 0 aromatic carbocycles. The molecule has 0 bridgehead atoms. The number of hydrogen-bond donors (Lipinski definition) is 3. The molecule has 1 atom stereocenters. The lowest BCUT2D eigenvalue weighted by Crippen LogP contribution is -2.30. The molecule has 2 heterocycles. The van der Waals surface area contributed by atoms with Crippen molar-refractivity contribution in [3.05, 3.63) is 12.5 Å². The number of halogens is 1. The molecule has 2 rings (SSSR count). The number of nitrogens with zero attached hydrogens (tertiary/aromatic N) is 1. The Labute approximate surface area is 101 Å². The van der Waals surface area contributed by atoms with Crippen LogP contribution in [-0.2, 0) is 10.0 Å². The Bertz CT molecular complexity index is 400. The van der Waals surface area contributed by atoms with Gasteiger partial charge < -0.3 is 10.3 Å². The lowest BCUT2D eigenvalue weighted by Gasteiger charge is -2.09. The van der Waals surface area contributed by atoms with Crippen LogP contribution in [0.2, 0.25) is 0 Å². The zero-order valence-corrected chi connectivity index (χ0v) is 10.3. The van der Waals surface area contributed by atoms with Crippen molar-refractivity contribution in [1.29, 1.82) is 0 Å². The van der Waals surface area contributed by atoms with E-state index in [2.05, 4.69) is 20.0 Å². The number of nitrogens with one attached hydrogen (secondary N) is 3. The van der Waals surface area contributed by atoms with Crippen molar-refractivity contribution in [3.63, 3.8) is 0 Å². The summed E-state index contributed by atoms with van der Waals surface area (Å²) in [5.74, 6) is 0.391. The molecule has 1 aliphatic rings. The number of H-pyrrole nitrogens is 1. The predicted octanol–water partition coefficient (Wildman–Crippen LogP) is -0.281. The van der Waals surface area contributed by atoms with Gasteiger partial charge in [0.2, 0.25) is 0 Å². The third kappa shape index (κ3) is 3.18. The van der Waals surface area contributed by atoms with E-state index in [0.717, 1.165) is 19.5 Å². The average molecular weight is 267 g/mol. The highest BCUT2D eigenvalue weighted by Gasteiger charge is 2.19. The van der Waals surface area contributed by atoms with Crippen LogP contribution in [-0.4, -0.2) is 38.0 Å². The Morgan fingerprint density at radius 1 is 1.56 bits per heavy atom. The van der Waals surface area contributed by atoms with Gasteiger partial charge in [-0.1, -0.05) is 0 Å². The summed E-state index contributed by atoms with van der Waals surface area (Å²) in [6.07, 6.45) is 3.67. The molecular formula is C8H15ClN4O2S. The van der Waals surface area contributed by atoms with Crippen LogP contribution in [0.5, 0.6) is 0 Å². The summed E-state index contributed by atoms with van der Waals surface area (Å²) in [6.45, 7) is 2.33. The fraction of sp³-hybridized carbons (Fsp3) is 0.625. The molecule has 1 aromatic heterocycles. The summed E-state index contributed by atoms with van der Waals surface area (Å²) >= 11 is 0. The van der Waals surface area contributed by atoms with Gasteiger partial charge in [-0.15, -0.1) is 12.4 Å². The first-order chi connectivity index (χ1) is 7.18. The van der Waals surface area contributed by atoms with Crippen LogP contribution in [0.4, 0.5) is 0 Å². The van der Waals surface area contributed by atoms with Crippen molar-refractivity contribution in [2.24, 2.45) is 5.92 Å². The molecule has 0 radical (unpaired) electrons. The van der Waals surface area contributed by atoms with E-state index in [1.54, 1.807) is 0 Å². The van der Waals surface area contributed by atoms with Crippen molar-refractivity contribution >= 4 is 22.4 Å². The summed E-state index contributed by atoms with van der Waals surface area (Å²) in [7, 11) is -3.40. The van der Waals surface area contributed by atoms with E-state index in [0.29, 0.717) is 12.5 Å². The third-order valence-corrected chi connectivity index (χ3v) is 3.84. The smallest absolute Gasteiger partial charge is 0.257 e. The van der Waals surface area contributed by atoms with E-state index in [-0.39, 0.29) is 17.4 Å². The molecule has 0 amide bonds. The van der Waals surface area contributed by atoms with Gasteiger partial charge in [0.05, 0.1) is 12.5 Å². The number of aromatic amines is 1. The molecule has 8 heteroatoms. The Kier molecular flexibility index (Phi) is 4.72. The van der Waals surface area contributed by atoms with Gasteiger partial charge in [0.1, 0.15) is 0 Å². The second-order valence-corrected chi connectivity index (χ2v) is 5.36. The number of aromatic nitrogens is 2. The fourth-order valence-electron chi connectivity index (χ4n) is 1.58. The van der Waals surface area contributed by atoms with Gasteiger partial charge in [-0.3, -0.25) is 0 Å². The van der Waals surface area contributed by atoms with E-state index in [1.807, 2.05) is 0 Å². The van der Waals surface area contributed by atoms with Crippen molar-refractivity contribution in [1.82, 2.24) is 20.0 Å². The molecule has 0 aliphatic carbocycles. The van der Waals surface area contributed by atoms with Gasteiger partial charge in [0.15, 0.2) is 5.03 Å². The van der Waals surface area contributed by atoms with Gasteiger partial charge in [0, 0.05) is 6.54 Å². The maximum absolute atomic E-state index is 11.6. The number of rotatable bonds is 4. The monoisotopic (exact) mass is 266 g/mol. The van der Waals surface area contributed by atoms with Crippen LogP contribution in [0.1, 0.15) is 6.42 Å². The normalized spacial score (nSPS) is 20.6. The summed E-state index contributed by atoms with van der Waals surface area (Å²) < 4.78 is 25.9. The molecule has 0 saturated carbocycles. The highest BCUT2D eigenvalue weighted by molar-refractivity contribution is 7.89. The Hall–Kier alpha value is -0.630. The van der Waals surface area contributed by atoms with E-state index in [9.17, 15) is 8.42 Å². The molecule has 1 saturated heterocycles. The fourth-order valence-corrected chi connectivity index (χ4v) is 2.60. The van der Waals surface area contributed by atoms with Crippen molar-refractivity contribution in [2.45, 2.75) is 11.4 Å². The minimum Gasteiger partial charge on any atom is -0.335 e. The highest BCUT2D eigenvalue weighted by Crippen LogP contribution is 2.08. The summed E-state index contributed by atoms with van der Waals surface area (Å²) in [5.41, 5.74) is 0. The van der Waals surface area contributed by atoms with Gasteiger partial charge in [-0.25, -0.2) is 18.1 Å². The van der Waals surface area contributed by atoms with Crippen LogP contribution in [0.15, 0.2) is 17.6 Å². The first-order valence-corrected chi connectivity index (χ1v) is 6.35. The van der Waals surface area contributed by atoms with Crippen LogP contribution in [0.3, 0.4) is 0 Å². The highest BCUT2D eigenvalue weighted by atomic mass is 35.5. The number of hydrogen-bond acceptors (Lipinski definition) is 4. The van der Waals surface area contributed by atoms with Gasteiger partial charge >= 0.3 is 0 Å². The van der Waals surface area contributed by atoms with Gasteiger partial charge in [-0.2, -0.15) is 0 Å². The summed E-state index contributed by atoms with van der Waals surface area (Å²) in [4.78, 5) is 6.26. The minimum absolute atomic E-state index is 0. The summed E-state index contributed by atoms with van der Waals surface area (Å²) in [6, 6.07) is 0. The maximum atomic E-state index is 11.6. The van der Waals surface area contributed by atoms with Crippen LogP contribution < -0.4 is 10.0 Å². The summed E-state index contributed by atoms with van der Waals surface area (Å²) in [5, 5.41) is 3.31. The first-order valence-electron chi connectivity index (χ1n) is 4.87. The van der Waals surface area contributed by atoms with E-state index in [4.69, 9.17) is 0 Å². The second-order valence-electron chi connectivity index (χ2n) is 3.63. The van der Waals surface area contributed by atoms with Crippen LogP contribution >= 0.6 is 12.4 Å². The third-order valence-electron chi connectivity index (χ3n) is 2.49. The number of sulfonamides is 1. The molecule has 16 heavy (non-hydrogen) atoms. The van der Waals surface area contributed by atoms with E-state index < -0.39 is 10.0 Å². The quantitative estimate of drug-likeness (QED) is 0.700. The molecule has 6 nitrogen and oxygen atoms in total. The molecule has 1 fully saturated rings. The lowest BCUT2D eigenvalue weighted by atomic mass is 10.1. The molecule has 92 valence electrons. The largest absolute Gasteiger partial charge is 0.335 e. The van der Waals surface area contributed by atoms with Crippen LogP contribution in [0.25, 0.3) is 0 Å². The minimum atomic E-state index is -3.40. The average Bonchev–Trinajstić information content (AvgIpc) is 2.88. The van der Waals surface area contributed by atoms with E-state index in [1.165, 1.54) is 12.5 Å². The van der Waals surface area contributed by atoms with Gasteiger partial charge in [-0.05, 0) is 25.4 Å². The maximum Gasteiger partial charge on any atom is 0.257 e. The zero-order valence-electron chi connectivity index (χ0n) is 8.64. The predicted molar refractivity (Wildman–Crippen MR) is 62.0 cm³/mol. The van der Waals surface area contributed by atoms with Crippen molar-refractivity contribution < 1.29 is 8.42 Å². The number of imidazole rings is 1. The standard InChI is InChI=1S/C8H14N4O2S.ClH/c13-15(14,8-5-10-6-11-8)12-4-7-1-2-9-3-7;/h5-7,9,12H,1-4H2,(H,10,11);1H.